The van der Waals surface area contributed by atoms with E-state index in [1.54, 1.807) is 24.4 Å². The molecule has 0 saturated heterocycles. The van der Waals surface area contributed by atoms with Crippen LogP contribution in [0, 0.1) is 0 Å². The van der Waals surface area contributed by atoms with Gasteiger partial charge in [-0.25, -0.2) is 4.79 Å². The van der Waals surface area contributed by atoms with Gasteiger partial charge in [0.25, 0.3) is 0 Å². The summed E-state index contributed by atoms with van der Waals surface area (Å²) in [4.78, 5) is 25.7. The summed E-state index contributed by atoms with van der Waals surface area (Å²) >= 11 is 2.90. The minimum Gasteiger partial charge on any atom is -0.465 e. The van der Waals surface area contributed by atoms with E-state index >= 15 is 0 Å². The normalized spacial score (nSPS) is 10.4. The number of hydrogen-bond acceptors (Lipinski definition) is 3. The molecule has 1 aromatic heterocycles. The van der Waals surface area contributed by atoms with Gasteiger partial charge in [0, 0.05) is 17.1 Å². The summed E-state index contributed by atoms with van der Waals surface area (Å²) in [6, 6.07) is 4.91. The van der Waals surface area contributed by atoms with Crippen LogP contribution in [0.25, 0.3) is 10.9 Å². The largest absolute Gasteiger partial charge is 0.465 e. The molecule has 0 bridgehead atoms. The molecule has 5 heteroatoms. The number of esters is 1. The summed E-state index contributed by atoms with van der Waals surface area (Å²) in [7, 11) is 1.32. The third-order valence-corrected chi connectivity index (χ3v) is 2.77. The molecular weight excluding hydrogens is 274 g/mol. The average Bonchev–Trinajstić information content (AvgIpc) is 2.75. The number of halogens is 1. The summed E-state index contributed by atoms with van der Waals surface area (Å²) < 4.78 is 4.44. The Kier molecular flexibility index (Phi) is 2.78. The number of rotatable bonds is 2. The molecular formula is C11H8BrNO3. The van der Waals surface area contributed by atoms with E-state index in [2.05, 4.69) is 25.7 Å². The molecule has 1 heterocycles. The second-order valence-electron chi connectivity index (χ2n) is 3.19. The van der Waals surface area contributed by atoms with Crippen LogP contribution in [0.2, 0.25) is 0 Å². The first kappa shape index (κ1) is 10.9. The number of fused-ring (bicyclic) bond motifs is 1. The molecule has 1 aromatic carbocycles. The van der Waals surface area contributed by atoms with Crippen molar-refractivity contribution >= 4 is 37.5 Å². The first-order valence-corrected chi connectivity index (χ1v) is 5.32. The molecule has 0 spiro atoms. The smallest absolute Gasteiger partial charge is 0.339 e. The van der Waals surface area contributed by atoms with Gasteiger partial charge in [-0.15, -0.1) is 0 Å². The van der Waals surface area contributed by atoms with E-state index in [1.807, 2.05) is 0 Å². The summed E-state index contributed by atoms with van der Waals surface area (Å²) in [6.45, 7) is 0. The van der Waals surface area contributed by atoms with Gasteiger partial charge in [0.1, 0.15) is 0 Å². The Hall–Kier alpha value is -1.62. The Morgan fingerprint density at radius 2 is 1.94 bits per heavy atom. The van der Waals surface area contributed by atoms with Crippen molar-refractivity contribution in [3.05, 3.63) is 35.5 Å². The van der Waals surface area contributed by atoms with Crippen molar-refractivity contribution in [2.45, 2.75) is 0 Å². The van der Waals surface area contributed by atoms with E-state index in [4.69, 9.17) is 0 Å². The second kappa shape index (κ2) is 4.09. The molecule has 0 saturated carbocycles. The highest BCUT2D eigenvalue weighted by Gasteiger charge is 2.15. The quantitative estimate of drug-likeness (QED) is 0.680. The Morgan fingerprint density at radius 3 is 2.56 bits per heavy atom. The highest BCUT2D eigenvalue weighted by atomic mass is 79.9. The van der Waals surface area contributed by atoms with Crippen molar-refractivity contribution in [3.8, 4) is 0 Å². The van der Waals surface area contributed by atoms with Crippen molar-refractivity contribution in [2.24, 2.45) is 0 Å². The average molecular weight is 282 g/mol. The first-order valence-electron chi connectivity index (χ1n) is 4.53. The van der Waals surface area contributed by atoms with E-state index in [1.165, 1.54) is 7.11 Å². The fourth-order valence-corrected chi connectivity index (χ4v) is 1.95. The number of methoxy groups -OCH3 is 1. The maximum Gasteiger partial charge on any atom is 0.339 e. The lowest BCUT2D eigenvalue weighted by Crippen LogP contribution is -2.03. The van der Waals surface area contributed by atoms with Crippen LogP contribution in [0.15, 0.2) is 24.4 Å². The minimum absolute atomic E-state index is 0.214. The van der Waals surface area contributed by atoms with Crippen LogP contribution < -0.4 is 0 Å². The summed E-state index contributed by atoms with van der Waals surface area (Å²) in [5.74, 6) is -0.430. The highest BCUT2D eigenvalue weighted by Crippen LogP contribution is 2.24. The number of carbonyl (C=O) groups excluding carboxylic acids is 2. The lowest BCUT2D eigenvalue weighted by Gasteiger charge is -2.03. The monoisotopic (exact) mass is 281 g/mol. The molecule has 0 aliphatic rings. The summed E-state index contributed by atoms with van der Waals surface area (Å²) in [5.41, 5.74) is 1.54. The fourth-order valence-electron chi connectivity index (χ4n) is 1.61. The van der Waals surface area contributed by atoms with Crippen molar-refractivity contribution in [1.29, 1.82) is 0 Å². The lowest BCUT2D eigenvalue weighted by molar-refractivity contribution is 0.0602. The Morgan fingerprint density at radius 1 is 1.25 bits per heavy atom. The Bertz CT molecular complexity index is 574. The number of carbonyl (C=O) groups is 2. The molecule has 0 amide bonds. The number of H-pyrrole nitrogens is 1. The van der Waals surface area contributed by atoms with Gasteiger partial charge in [0.15, 0.2) is 0 Å². The molecule has 0 atom stereocenters. The van der Waals surface area contributed by atoms with E-state index in [0.717, 1.165) is 0 Å². The van der Waals surface area contributed by atoms with Gasteiger partial charge in [0.2, 0.25) is 4.69 Å². The zero-order chi connectivity index (χ0) is 11.7. The number of aromatic nitrogens is 1. The van der Waals surface area contributed by atoms with Gasteiger partial charge in [-0.1, -0.05) is 0 Å². The molecule has 1 N–H and O–H groups in total. The van der Waals surface area contributed by atoms with Crippen molar-refractivity contribution in [2.75, 3.05) is 7.11 Å². The zero-order valence-corrected chi connectivity index (χ0v) is 10.00. The van der Waals surface area contributed by atoms with Gasteiger partial charge in [-0.2, -0.15) is 0 Å². The van der Waals surface area contributed by atoms with E-state index in [9.17, 15) is 9.59 Å². The van der Waals surface area contributed by atoms with Crippen LogP contribution in [0.4, 0.5) is 0 Å². The molecule has 82 valence electrons. The predicted octanol–water partition coefficient (Wildman–Crippen LogP) is 2.49. The lowest BCUT2D eigenvalue weighted by atomic mass is 10.1. The molecule has 16 heavy (non-hydrogen) atoms. The van der Waals surface area contributed by atoms with Crippen LogP contribution >= 0.6 is 15.9 Å². The van der Waals surface area contributed by atoms with Gasteiger partial charge in [-0.3, -0.25) is 4.79 Å². The minimum atomic E-state index is -0.430. The first-order chi connectivity index (χ1) is 7.65. The molecule has 0 fully saturated rings. The number of ether oxygens (including phenoxy) is 1. The van der Waals surface area contributed by atoms with Crippen LogP contribution in [0.5, 0.6) is 0 Å². The summed E-state index contributed by atoms with van der Waals surface area (Å²) in [6.07, 6.45) is 1.68. The maximum absolute atomic E-state index is 11.5. The van der Waals surface area contributed by atoms with Gasteiger partial charge < -0.3 is 9.72 Å². The molecule has 0 radical (unpaired) electrons. The third-order valence-electron chi connectivity index (χ3n) is 2.34. The second-order valence-corrected chi connectivity index (χ2v) is 3.91. The van der Waals surface area contributed by atoms with Crippen LogP contribution in [0.1, 0.15) is 20.7 Å². The van der Waals surface area contributed by atoms with E-state index in [0.29, 0.717) is 22.0 Å². The van der Waals surface area contributed by atoms with Gasteiger partial charge >= 0.3 is 5.97 Å². The number of benzene rings is 1. The topological polar surface area (TPSA) is 59.2 Å². The van der Waals surface area contributed by atoms with Crippen molar-refractivity contribution in [3.63, 3.8) is 0 Å². The number of aromatic amines is 1. The number of hydrogen-bond donors (Lipinski definition) is 1. The summed E-state index contributed by atoms with van der Waals surface area (Å²) in [5, 5.41) is 0.699. The van der Waals surface area contributed by atoms with E-state index < -0.39 is 5.97 Å². The van der Waals surface area contributed by atoms with Crippen LogP contribution in [-0.2, 0) is 4.74 Å². The SMILES string of the molecule is COC(=O)c1ccc(C(=O)Br)c2cc[nH]c12. The van der Waals surface area contributed by atoms with Gasteiger partial charge in [0.05, 0.1) is 18.2 Å². The number of nitrogens with one attached hydrogen (secondary N) is 1. The Labute approximate surface area is 99.7 Å². The van der Waals surface area contributed by atoms with Crippen molar-refractivity contribution in [1.82, 2.24) is 4.98 Å². The Balaban J connectivity index is 2.73. The molecule has 0 unspecified atom stereocenters. The van der Waals surface area contributed by atoms with Crippen LogP contribution in [-0.4, -0.2) is 22.8 Å². The predicted molar refractivity (Wildman–Crippen MR) is 62.9 cm³/mol. The maximum atomic E-state index is 11.5. The van der Waals surface area contributed by atoms with Gasteiger partial charge in [-0.05, 0) is 34.1 Å². The fraction of sp³-hybridized carbons (Fsp3) is 0.0909. The third kappa shape index (κ3) is 1.63. The standard InChI is InChI=1S/C11H8BrNO3/c1-16-11(15)8-3-2-7(10(12)14)6-4-5-13-9(6)8/h2-5,13H,1H3. The molecule has 4 nitrogen and oxygen atoms in total. The molecule has 2 rings (SSSR count). The van der Waals surface area contributed by atoms with Crippen LogP contribution in [0.3, 0.4) is 0 Å². The molecule has 2 aromatic rings. The zero-order valence-electron chi connectivity index (χ0n) is 8.41. The molecule has 0 aliphatic carbocycles. The van der Waals surface area contributed by atoms with E-state index in [-0.39, 0.29) is 4.69 Å². The van der Waals surface area contributed by atoms with Crippen molar-refractivity contribution < 1.29 is 14.3 Å². The highest BCUT2D eigenvalue weighted by molar-refractivity contribution is 9.18. The molecule has 0 aliphatic heterocycles.